The van der Waals surface area contributed by atoms with Crippen LogP contribution in [-0.4, -0.2) is 45.1 Å². The standard InChI is InChI=1S/C13H15N3O2S/c1-8-15-12(7-19-8)9-4-11(14-5-9)13(18)16-3-2-10(17)6-16/h4-5,7,10,14,17H,2-3,6H2,1H3/t10-/m0/s1. The van der Waals surface area contributed by atoms with Crippen LogP contribution in [0.5, 0.6) is 0 Å². The minimum absolute atomic E-state index is 0.0604. The van der Waals surface area contributed by atoms with Gasteiger partial charge in [-0.2, -0.15) is 0 Å². The van der Waals surface area contributed by atoms with Crippen LogP contribution in [-0.2, 0) is 0 Å². The number of amides is 1. The lowest BCUT2D eigenvalue weighted by molar-refractivity contribution is 0.0760. The Balaban J connectivity index is 1.79. The Morgan fingerprint density at radius 2 is 2.47 bits per heavy atom. The number of aliphatic hydroxyl groups is 1. The summed E-state index contributed by atoms with van der Waals surface area (Å²) in [5.74, 6) is -0.0604. The molecule has 0 saturated carbocycles. The second-order valence-electron chi connectivity index (χ2n) is 4.75. The topological polar surface area (TPSA) is 69.2 Å². The van der Waals surface area contributed by atoms with Gasteiger partial charge in [-0.25, -0.2) is 4.98 Å². The summed E-state index contributed by atoms with van der Waals surface area (Å²) in [6.45, 7) is 2.99. The maximum atomic E-state index is 12.2. The summed E-state index contributed by atoms with van der Waals surface area (Å²) in [4.78, 5) is 21.3. The second kappa shape index (κ2) is 4.79. The van der Waals surface area contributed by atoms with Crippen molar-refractivity contribution in [3.05, 3.63) is 28.3 Å². The molecule has 0 aliphatic carbocycles. The molecule has 2 aromatic heterocycles. The number of β-amino-alcohol motifs (C(OH)–C–C–N with tert-alkyl or cyclic N) is 1. The normalized spacial score (nSPS) is 19.1. The average molecular weight is 277 g/mol. The van der Waals surface area contributed by atoms with Crippen molar-refractivity contribution < 1.29 is 9.90 Å². The predicted molar refractivity (Wildman–Crippen MR) is 73.2 cm³/mol. The van der Waals surface area contributed by atoms with Crippen LogP contribution in [0.1, 0.15) is 21.9 Å². The van der Waals surface area contributed by atoms with E-state index in [0.717, 1.165) is 16.3 Å². The van der Waals surface area contributed by atoms with E-state index < -0.39 is 0 Å². The lowest BCUT2D eigenvalue weighted by atomic mass is 10.2. The Morgan fingerprint density at radius 3 is 3.11 bits per heavy atom. The largest absolute Gasteiger partial charge is 0.391 e. The Bertz CT molecular complexity index is 605. The van der Waals surface area contributed by atoms with Gasteiger partial charge in [-0.15, -0.1) is 11.3 Å². The van der Waals surface area contributed by atoms with Crippen LogP contribution in [0.15, 0.2) is 17.6 Å². The lowest BCUT2D eigenvalue weighted by Crippen LogP contribution is -2.29. The van der Waals surface area contributed by atoms with Crippen LogP contribution < -0.4 is 0 Å². The number of H-pyrrole nitrogens is 1. The fraction of sp³-hybridized carbons (Fsp3) is 0.385. The smallest absolute Gasteiger partial charge is 0.270 e. The summed E-state index contributed by atoms with van der Waals surface area (Å²) in [5, 5.41) is 12.5. The number of carbonyl (C=O) groups excluding carboxylic acids is 1. The van der Waals surface area contributed by atoms with E-state index in [-0.39, 0.29) is 12.0 Å². The maximum absolute atomic E-state index is 12.2. The van der Waals surface area contributed by atoms with Crippen LogP contribution in [0.25, 0.3) is 11.3 Å². The predicted octanol–water partition coefficient (Wildman–Crippen LogP) is 1.65. The van der Waals surface area contributed by atoms with Crippen molar-refractivity contribution in [3.8, 4) is 11.3 Å². The first-order valence-corrected chi connectivity index (χ1v) is 7.09. The number of nitrogens with zero attached hydrogens (tertiary/aromatic N) is 2. The van der Waals surface area contributed by atoms with Gasteiger partial charge in [0, 0.05) is 30.2 Å². The number of aromatic nitrogens is 2. The molecule has 3 rings (SSSR count). The van der Waals surface area contributed by atoms with Crippen molar-refractivity contribution in [1.82, 2.24) is 14.9 Å². The van der Waals surface area contributed by atoms with E-state index in [1.54, 1.807) is 22.4 Å². The average Bonchev–Trinajstić information content (AvgIpc) is 3.07. The van der Waals surface area contributed by atoms with Gasteiger partial charge in [0.1, 0.15) is 5.69 Å². The van der Waals surface area contributed by atoms with Gasteiger partial charge in [0.05, 0.1) is 16.8 Å². The molecule has 5 nitrogen and oxygen atoms in total. The molecule has 2 aromatic rings. The van der Waals surface area contributed by atoms with E-state index >= 15 is 0 Å². The van der Waals surface area contributed by atoms with Gasteiger partial charge >= 0.3 is 0 Å². The third kappa shape index (κ3) is 2.41. The Hall–Kier alpha value is -1.66. The van der Waals surface area contributed by atoms with Gasteiger partial charge in [0.15, 0.2) is 0 Å². The Labute approximate surface area is 114 Å². The molecule has 100 valence electrons. The first kappa shape index (κ1) is 12.4. The highest BCUT2D eigenvalue weighted by atomic mass is 32.1. The molecule has 2 N–H and O–H groups in total. The number of hydrogen-bond acceptors (Lipinski definition) is 4. The lowest BCUT2D eigenvalue weighted by Gasteiger charge is -2.13. The monoisotopic (exact) mass is 277 g/mol. The number of likely N-dealkylation sites (tertiary alicyclic amines) is 1. The number of rotatable bonds is 2. The van der Waals surface area contributed by atoms with Gasteiger partial charge < -0.3 is 15.0 Å². The molecule has 1 saturated heterocycles. The van der Waals surface area contributed by atoms with Gasteiger partial charge in [-0.1, -0.05) is 0 Å². The summed E-state index contributed by atoms with van der Waals surface area (Å²) < 4.78 is 0. The molecule has 1 fully saturated rings. The third-order valence-corrected chi connectivity index (χ3v) is 4.05. The molecule has 3 heterocycles. The van der Waals surface area contributed by atoms with Crippen LogP contribution in [0.3, 0.4) is 0 Å². The number of aliphatic hydroxyl groups excluding tert-OH is 1. The molecule has 0 aromatic carbocycles. The van der Waals surface area contributed by atoms with E-state index in [1.807, 2.05) is 18.4 Å². The molecule has 0 radical (unpaired) electrons. The quantitative estimate of drug-likeness (QED) is 0.877. The molecule has 1 aliphatic rings. The van der Waals surface area contributed by atoms with E-state index in [2.05, 4.69) is 9.97 Å². The molecular formula is C13H15N3O2S. The summed E-state index contributed by atoms with van der Waals surface area (Å²) in [5.41, 5.74) is 2.36. The Morgan fingerprint density at radius 1 is 1.63 bits per heavy atom. The summed E-state index contributed by atoms with van der Waals surface area (Å²) in [6.07, 6.45) is 2.07. The molecule has 19 heavy (non-hydrogen) atoms. The summed E-state index contributed by atoms with van der Waals surface area (Å²) in [6, 6.07) is 1.82. The number of aryl methyl sites for hydroxylation is 1. The van der Waals surface area contributed by atoms with Gasteiger partial charge in [-0.3, -0.25) is 4.79 Å². The fourth-order valence-electron chi connectivity index (χ4n) is 2.26. The molecule has 0 unspecified atom stereocenters. The number of nitrogens with one attached hydrogen (secondary N) is 1. The maximum Gasteiger partial charge on any atom is 0.270 e. The molecule has 1 amide bonds. The van der Waals surface area contributed by atoms with E-state index in [9.17, 15) is 9.90 Å². The van der Waals surface area contributed by atoms with E-state index in [1.165, 1.54) is 0 Å². The van der Waals surface area contributed by atoms with Crippen LogP contribution in [0.4, 0.5) is 0 Å². The molecule has 6 heteroatoms. The third-order valence-electron chi connectivity index (χ3n) is 3.28. The zero-order valence-corrected chi connectivity index (χ0v) is 11.4. The number of aromatic amines is 1. The van der Waals surface area contributed by atoms with Crippen LogP contribution in [0, 0.1) is 6.92 Å². The van der Waals surface area contributed by atoms with Crippen LogP contribution >= 0.6 is 11.3 Å². The molecule has 1 atom stereocenters. The van der Waals surface area contributed by atoms with E-state index in [0.29, 0.717) is 25.2 Å². The molecular weight excluding hydrogens is 262 g/mol. The Kier molecular flexibility index (Phi) is 3.12. The highest BCUT2D eigenvalue weighted by Gasteiger charge is 2.26. The second-order valence-corrected chi connectivity index (χ2v) is 5.81. The van der Waals surface area contributed by atoms with Crippen molar-refractivity contribution in [3.63, 3.8) is 0 Å². The number of carbonyl (C=O) groups is 1. The van der Waals surface area contributed by atoms with Gasteiger partial charge in [0.25, 0.3) is 5.91 Å². The van der Waals surface area contributed by atoms with Crippen molar-refractivity contribution in [1.29, 1.82) is 0 Å². The minimum atomic E-state index is -0.389. The van der Waals surface area contributed by atoms with Gasteiger partial charge in [0.2, 0.25) is 0 Å². The number of thiazole rings is 1. The van der Waals surface area contributed by atoms with Crippen molar-refractivity contribution in [2.45, 2.75) is 19.4 Å². The van der Waals surface area contributed by atoms with Crippen LogP contribution in [0.2, 0.25) is 0 Å². The van der Waals surface area contributed by atoms with Gasteiger partial charge in [-0.05, 0) is 19.4 Å². The number of hydrogen-bond donors (Lipinski definition) is 2. The van der Waals surface area contributed by atoms with Crippen molar-refractivity contribution in [2.75, 3.05) is 13.1 Å². The first-order valence-electron chi connectivity index (χ1n) is 6.22. The van der Waals surface area contributed by atoms with E-state index in [4.69, 9.17) is 0 Å². The SMILES string of the molecule is Cc1nc(-c2c[nH]c(C(=O)N3CC[C@H](O)C3)c2)cs1. The van der Waals surface area contributed by atoms with Crippen molar-refractivity contribution >= 4 is 17.2 Å². The summed E-state index contributed by atoms with van der Waals surface area (Å²) in [7, 11) is 0. The molecule has 0 bridgehead atoms. The zero-order chi connectivity index (χ0) is 13.4. The first-order chi connectivity index (χ1) is 9.13. The highest BCUT2D eigenvalue weighted by Crippen LogP contribution is 2.23. The fourth-order valence-corrected chi connectivity index (χ4v) is 2.88. The molecule has 1 aliphatic heterocycles. The van der Waals surface area contributed by atoms with Crippen molar-refractivity contribution in [2.24, 2.45) is 0 Å². The zero-order valence-electron chi connectivity index (χ0n) is 10.6. The minimum Gasteiger partial charge on any atom is -0.391 e. The highest BCUT2D eigenvalue weighted by molar-refractivity contribution is 7.09. The molecule has 0 spiro atoms. The summed E-state index contributed by atoms with van der Waals surface area (Å²) >= 11 is 1.59.